The molecule has 1 aliphatic rings. The monoisotopic (exact) mass is 287 g/mol. The maximum Gasteiger partial charge on any atom is 0.216 e. The lowest BCUT2D eigenvalue weighted by atomic mass is 10.0. The molecule has 0 spiro atoms. The van der Waals surface area contributed by atoms with E-state index in [1.165, 1.54) is 5.56 Å². The Labute approximate surface area is 124 Å². The second kappa shape index (κ2) is 5.77. The highest BCUT2D eigenvalue weighted by Crippen LogP contribution is 2.25. The van der Waals surface area contributed by atoms with Crippen LogP contribution in [0.4, 0.5) is 0 Å². The largest absolute Gasteiger partial charge is 0.492 e. The van der Waals surface area contributed by atoms with Crippen LogP contribution in [0, 0.1) is 6.92 Å². The molecular formula is C16H21N3O2. The molecule has 1 aromatic carbocycles. The first kappa shape index (κ1) is 13.9. The summed E-state index contributed by atoms with van der Waals surface area (Å²) in [5.74, 6) is 1.82. The second-order valence-corrected chi connectivity index (χ2v) is 5.40. The lowest BCUT2D eigenvalue weighted by molar-refractivity contribution is 0.237. The minimum atomic E-state index is 0.309. The minimum Gasteiger partial charge on any atom is -0.492 e. The molecule has 1 aromatic heterocycles. The van der Waals surface area contributed by atoms with Gasteiger partial charge in [-0.25, -0.2) is 4.68 Å². The number of benzene rings is 1. The van der Waals surface area contributed by atoms with Gasteiger partial charge in [0.25, 0.3) is 0 Å². The van der Waals surface area contributed by atoms with E-state index >= 15 is 0 Å². The van der Waals surface area contributed by atoms with Crippen molar-refractivity contribution in [2.45, 2.75) is 25.9 Å². The Bertz CT molecular complexity index is 636. The topological polar surface area (TPSA) is 48.3 Å². The van der Waals surface area contributed by atoms with Crippen molar-refractivity contribution in [3.05, 3.63) is 41.1 Å². The number of hydrogen-bond acceptors (Lipinski definition) is 4. The maximum absolute atomic E-state index is 5.80. The minimum absolute atomic E-state index is 0.309. The molecule has 5 nitrogen and oxygen atoms in total. The molecule has 3 rings (SSSR count). The molecule has 21 heavy (non-hydrogen) atoms. The van der Waals surface area contributed by atoms with Crippen LogP contribution in [0.1, 0.15) is 16.8 Å². The third kappa shape index (κ3) is 2.74. The van der Waals surface area contributed by atoms with E-state index < -0.39 is 0 Å². The lowest BCUT2D eigenvalue weighted by Gasteiger charge is -2.26. The van der Waals surface area contributed by atoms with Crippen molar-refractivity contribution in [3.8, 4) is 11.6 Å². The number of methoxy groups -OCH3 is 1. The molecule has 1 N–H and O–H groups in total. The predicted molar refractivity (Wildman–Crippen MR) is 80.8 cm³/mol. The summed E-state index contributed by atoms with van der Waals surface area (Å²) in [5, 5.41) is 7.95. The molecule has 112 valence electrons. The zero-order chi connectivity index (χ0) is 14.8. The molecule has 5 heteroatoms. The van der Waals surface area contributed by atoms with Crippen molar-refractivity contribution in [2.75, 3.05) is 13.7 Å². The van der Waals surface area contributed by atoms with E-state index in [1.807, 2.05) is 26.1 Å². The highest BCUT2D eigenvalue weighted by Gasteiger charge is 2.21. The van der Waals surface area contributed by atoms with Gasteiger partial charge in [0.05, 0.1) is 18.4 Å². The highest BCUT2D eigenvalue weighted by atomic mass is 16.5. The van der Waals surface area contributed by atoms with Crippen molar-refractivity contribution in [1.29, 1.82) is 0 Å². The first-order valence-corrected chi connectivity index (χ1v) is 7.19. The number of nitrogens with one attached hydrogen (secondary N) is 1. The average Bonchev–Trinajstić information content (AvgIpc) is 2.78. The maximum atomic E-state index is 5.80. The molecule has 0 radical (unpaired) electrons. The SMILES string of the molecule is COc1c(CNC2COc3ccccc3C2)c(C)nn1C. The Morgan fingerprint density at radius 2 is 2.24 bits per heavy atom. The number of nitrogens with zero attached hydrogens (tertiary/aromatic N) is 2. The normalized spacial score (nSPS) is 17.2. The summed E-state index contributed by atoms with van der Waals surface area (Å²) in [5.41, 5.74) is 3.37. The first-order chi connectivity index (χ1) is 10.2. The number of rotatable bonds is 4. The van der Waals surface area contributed by atoms with Crippen LogP contribution in [0.3, 0.4) is 0 Å². The molecule has 1 unspecified atom stereocenters. The molecule has 0 saturated carbocycles. The highest BCUT2D eigenvalue weighted by molar-refractivity contribution is 5.36. The quantitative estimate of drug-likeness (QED) is 0.932. The summed E-state index contributed by atoms with van der Waals surface area (Å²) in [4.78, 5) is 0. The van der Waals surface area contributed by atoms with Gasteiger partial charge in [-0.1, -0.05) is 18.2 Å². The van der Waals surface area contributed by atoms with E-state index in [2.05, 4.69) is 22.5 Å². The summed E-state index contributed by atoms with van der Waals surface area (Å²) in [6, 6.07) is 8.53. The van der Waals surface area contributed by atoms with E-state index in [1.54, 1.807) is 11.8 Å². The molecule has 1 aliphatic heterocycles. The Kier molecular flexibility index (Phi) is 3.84. The van der Waals surface area contributed by atoms with Crippen LogP contribution in [-0.4, -0.2) is 29.5 Å². The van der Waals surface area contributed by atoms with Crippen LogP contribution in [-0.2, 0) is 20.0 Å². The number of aromatic nitrogens is 2. The lowest BCUT2D eigenvalue weighted by Crippen LogP contribution is -2.38. The van der Waals surface area contributed by atoms with E-state index in [0.29, 0.717) is 12.6 Å². The summed E-state index contributed by atoms with van der Waals surface area (Å²) in [6.07, 6.45) is 0.984. The number of hydrogen-bond donors (Lipinski definition) is 1. The number of aryl methyl sites for hydroxylation is 2. The van der Waals surface area contributed by atoms with Crippen molar-refractivity contribution in [2.24, 2.45) is 7.05 Å². The Morgan fingerprint density at radius 1 is 1.43 bits per heavy atom. The van der Waals surface area contributed by atoms with E-state index in [4.69, 9.17) is 9.47 Å². The Hall–Kier alpha value is -2.01. The van der Waals surface area contributed by atoms with E-state index in [-0.39, 0.29) is 0 Å². The Balaban J connectivity index is 1.67. The molecule has 1 atom stereocenters. The summed E-state index contributed by atoms with van der Waals surface area (Å²) in [7, 11) is 3.58. The van der Waals surface area contributed by atoms with Crippen molar-refractivity contribution in [1.82, 2.24) is 15.1 Å². The van der Waals surface area contributed by atoms with Gasteiger partial charge in [0.15, 0.2) is 0 Å². The summed E-state index contributed by atoms with van der Waals surface area (Å²) < 4.78 is 13.0. The van der Waals surface area contributed by atoms with Gasteiger partial charge in [-0.3, -0.25) is 0 Å². The Morgan fingerprint density at radius 3 is 3.05 bits per heavy atom. The van der Waals surface area contributed by atoms with Crippen LogP contribution in [0.5, 0.6) is 11.6 Å². The van der Waals surface area contributed by atoms with Crippen LogP contribution in [0.25, 0.3) is 0 Å². The molecule has 0 amide bonds. The zero-order valence-corrected chi connectivity index (χ0v) is 12.7. The van der Waals surface area contributed by atoms with Crippen LogP contribution < -0.4 is 14.8 Å². The van der Waals surface area contributed by atoms with Gasteiger partial charge >= 0.3 is 0 Å². The molecular weight excluding hydrogens is 266 g/mol. The fraction of sp³-hybridized carbons (Fsp3) is 0.438. The second-order valence-electron chi connectivity index (χ2n) is 5.40. The third-order valence-corrected chi connectivity index (χ3v) is 3.93. The molecule has 2 heterocycles. The van der Waals surface area contributed by atoms with E-state index in [0.717, 1.165) is 35.9 Å². The molecule has 0 saturated heterocycles. The van der Waals surface area contributed by atoms with Crippen LogP contribution in [0.15, 0.2) is 24.3 Å². The third-order valence-electron chi connectivity index (χ3n) is 3.93. The number of fused-ring (bicyclic) bond motifs is 1. The van der Waals surface area contributed by atoms with Crippen molar-refractivity contribution < 1.29 is 9.47 Å². The first-order valence-electron chi connectivity index (χ1n) is 7.19. The van der Waals surface area contributed by atoms with Gasteiger partial charge in [0.2, 0.25) is 5.88 Å². The summed E-state index contributed by atoms with van der Waals surface area (Å²) in [6.45, 7) is 3.43. The fourth-order valence-corrected chi connectivity index (χ4v) is 2.85. The average molecular weight is 287 g/mol. The standard InChI is InChI=1S/C16H21N3O2/c1-11-14(16(20-3)19(2)18-11)9-17-13-8-12-6-4-5-7-15(12)21-10-13/h4-7,13,17H,8-10H2,1-3H3. The van der Waals surface area contributed by atoms with Gasteiger partial charge in [0.1, 0.15) is 12.4 Å². The van der Waals surface area contributed by atoms with E-state index in [9.17, 15) is 0 Å². The predicted octanol–water partition coefficient (Wildman–Crippen LogP) is 1.83. The van der Waals surface area contributed by atoms with Gasteiger partial charge in [0, 0.05) is 19.6 Å². The molecule has 0 fully saturated rings. The van der Waals surface area contributed by atoms with Gasteiger partial charge in [-0.15, -0.1) is 0 Å². The molecule has 0 bridgehead atoms. The van der Waals surface area contributed by atoms with Gasteiger partial charge in [-0.05, 0) is 25.0 Å². The van der Waals surface area contributed by atoms with Crippen LogP contribution >= 0.6 is 0 Å². The van der Waals surface area contributed by atoms with Crippen molar-refractivity contribution in [3.63, 3.8) is 0 Å². The van der Waals surface area contributed by atoms with Gasteiger partial charge < -0.3 is 14.8 Å². The number of para-hydroxylation sites is 1. The van der Waals surface area contributed by atoms with Crippen LogP contribution in [0.2, 0.25) is 0 Å². The summed E-state index contributed by atoms with van der Waals surface area (Å²) >= 11 is 0. The number of ether oxygens (including phenoxy) is 2. The zero-order valence-electron chi connectivity index (χ0n) is 12.7. The van der Waals surface area contributed by atoms with Crippen molar-refractivity contribution >= 4 is 0 Å². The fourth-order valence-electron chi connectivity index (χ4n) is 2.85. The van der Waals surface area contributed by atoms with Gasteiger partial charge in [-0.2, -0.15) is 5.10 Å². The molecule has 0 aliphatic carbocycles. The smallest absolute Gasteiger partial charge is 0.216 e. The molecule has 2 aromatic rings.